The van der Waals surface area contributed by atoms with Crippen LogP contribution in [0.1, 0.15) is 85.0 Å². The molecule has 4 aliphatic rings. The van der Waals surface area contributed by atoms with Crippen molar-refractivity contribution >= 4 is 16.8 Å². The molecule has 8 atom stereocenters. The van der Waals surface area contributed by atoms with E-state index >= 15 is 0 Å². The molecule has 0 spiro atoms. The summed E-state index contributed by atoms with van der Waals surface area (Å²) < 4.78 is 13.6. The highest BCUT2D eigenvalue weighted by Gasteiger charge is 2.62. The van der Waals surface area contributed by atoms with E-state index in [-0.39, 0.29) is 29.5 Å². The van der Waals surface area contributed by atoms with Gasteiger partial charge in [0.15, 0.2) is 5.78 Å². The van der Waals surface area contributed by atoms with E-state index in [9.17, 15) is 14.3 Å². The highest BCUT2D eigenvalue weighted by Crippen LogP contribution is 2.69. The molecule has 0 radical (unpaired) electrons. The van der Waals surface area contributed by atoms with E-state index in [0.717, 1.165) is 44.4 Å². The van der Waals surface area contributed by atoms with Gasteiger partial charge in [-0.2, -0.15) is 15.0 Å². The zero-order chi connectivity index (χ0) is 24.6. The number of aliphatic hydroxyl groups is 1. The zero-order valence-electron chi connectivity index (χ0n) is 21.5. The molecule has 0 aliphatic heterocycles. The maximum atomic E-state index is 13.6. The van der Waals surface area contributed by atoms with Crippen LogP contribution in [0.25, 0.3) is 11.0 Å². The maximum Gasteiger partial charge on any atom is 0.159 e. The lowest BCUT2D eigenvalue weighted by Gasteiger charge is -2.63. The van der Waals surface area contributed by atoms with E-state index in [2.05, 4.69) is 24.0 Å². The largest absolute Gasteiger partial charge is 0.390 e. The average molecular weight is 482 g/mol. The molecule has 4 fully saturated rings. The van der Waals surface area contributed by atoms with Crippen molar-refractivity contribution in [1.29, 1.82) is 0 Å². The Labute approximate surface area is 207 Å². The van der Waals surface area contributed by atoms with Crippen molar-refractivity contribution in [3.63, 3.8) is 0 Å². The van der Waals surface area contributed by atoms with Crippen LogP contribution >= 0.6 is 0 Å². The molecular formula is C29H40FN3O2. The third kappa shape index (κ3) is 3.60. The van der Waals surface area contributed by atoms with E-state index in [4.69, 9.17) is 0 Å². The molecule has 5 nitrogen and oxygen atoms in total. The molecule has 190 valence electrons. The van der Waals surface area contributed by atoms with Crippen LogP contribution in [0, 0.1) is 46.2 Å². The smallest absolute Gasteiger partial charge is 0.159 e. The second-order valence-corrected chi connectivity index (χ2v) is 12.9. The lowest BCUT2D eigenvalue weighted by molar-refractivity contribution is -0.158. The lowest BCUT2D eigenvalue weighted by atomic mass is 9.42. The van der Waals surface area contributed by atoms with E-state index in [1.807, 2.05) is 6.92 Å². The van der Waals surface area contributed by atoms with Gasteiger partial charge in [-0.25, -0.2) is 4.39 Å². The van der Waals surface area contributed by atoms with Crippen molar-refractivity contribution in [1.82, 2.24) is 15.0 Å². The summed E-state index contributed by atoms with van der Waals surface area (Å²) in [4.78, 5) is 15.1. The summed E-state index contributed by atoms with van der Waals surface area (Å²) in [6.07, 6.45) is 11.2. The summed E-state index contributed by atoms with van der Waals surface area (Å²) in [6.45, 7) is 6.99. The molecule has 4 aliphatic carbocycles. The zero-order valence-corrected chi connectivity index (χ0v) is 21.5. The van der Waals surface area contributed by atoms with Gasteiger partial charge in [-0.1, -0.05) is 13.8 Å². The number of fused-ring (bicyclic) bond motifs is 6. The molecule has 6 rings (SSSR count). The molecule has 0 amide bonds. The minimum Gasteiger partial charge on any atom is -0.390 e. The molecule has 1 aromatic carbocycles. The summed E-state index contributed by atoms with van der Waals surface area (Å²) in [5.41, 5.74) is 1.06. The molecule has 4 saturated carbocycles. The van der Waals surface area contributed by atoms with E-state index in [1.54, 1.807) is 6.07 Å². The molecule has 35 heavy (non-hydrogen) atoms. The molecule has 0 bridgehead atoms. The number of carbonyl (C=O) groups is 1. The predicted octanol–water partition coefficient (Wildman–Crippen LogP) is 5.94. The number of rotatable bonds is 4. The van der Waals surface area contributed by atoms with Crippen LogP contribution in [0.4, 0.5) is 4.39 Å². The second-order valence-electron chi connectivity index (χ2n) is 12.9. The third-order valence-corrected chi connectivity index (χ3v) is 11.4. The number of hydrogen-bond donors (Lipinski definition) is 1. The Morgan fingerprint density at radius 1 is 1.06 bits per heavy atom. The summed E-state index contributed by atoms with van der Waals surface area (Å²) in [6, 6.07) is 4.38. The van der Waals surface area contributed by atoms with Gasteiger partial charge in [0.05, 0.1) is 5.60 Å². The second kappa shape index (κ2) is 8.09. The van der Waals surface area contributed by atoms with Crippen LogP contribution in [-0.4, -0.2) is 31.5 Å². The van der Waals surface area contributed by atoms with Crippen LogP contribution in [0.5, 0.6) is 0 Å². The number of aromatic nitrogens is 3. The number of halogens is 1. The Morgan fingerprint density at radius 2 is 1.86 bits per heavy atom. The first-order valence-corrected chi connectivity index (χ1v) is 13.9. The minimum absolute atomic E-state index is 0.0544. The topological polar surface area (TPSA) is 68.0 Å². The number of carbonyl (C=O) groups excluding carboxylic acids is 1. The SMILES string of the molecule is CC[C@]12CC[C@@](C)(O)C[C@@H]1CC[C@H]1[C@@H]3CC[C@H](C(=O)Cn4nc5ccc(F)cc5n4)[C@@]3(C)CC[C@@H]12. The standard InChI is InChI=1S/C29H40FN3O2/c1-4-29-14-13-27(2,35)16-18(29)5-7-20-21-8-9-23(28(21,3)12-11-22(20)29)26(34)17-33-31-24-10-6-19(30)15-25(24)32-33/h6,10,15,18,20-23,35H,4-5,7-9,11-14,16-17H2,1-3H3/t18-,20-,21-,22-,23+,27+,28-,29-/m0/s1. The maximum absolute atomic E-state index is 13.6. The van der Waals surface area contributed by atoms with Crippen molar-refractivity contribution in [3.05, 3.63) is 24.0 Å². The first-order chi connectivity index (χ1) is 16.6. The van der Waals surface area contributed by atoms with Gasteiger partial charge < -0.3 is 5.11 Å². The molecular weight excluding hydrogens is 441 g/mol. The molecule has 1 aromatic heterocycles. The third-order valence-electron chi connectivity index (χ3n) is 11.4. The van der Waals surface area contributed by atoms with E-state index in [1.165, 1.54) is 42.6 Å². The quantitative estimate of drug-likeness (QED) is 0.587. The lowest BCUT2D eigenvalue weighted by Crippen LogP contribution is -2.56. The Kier molecular flexibility index (Phi) is 5.45. The van der Waals surface area contributed by atoms with Gasteiger partial charge in [-0.3, -0.25) is 4.79 Å². The van der Waals surface area contributed by atoms with Crippen LogP contribution in [0.3, 0.4) is 0 Å². The number of ketones is 1. The first kappa shape index (κ1) is 23.6. The van der Waals surface area contributed by atoms with Crippen LogP contribution in [-0.2, 0) is 11.3 Å². The van der Waals surface area contributed by atoms with Gasteiger partial charge in [0.1, 0.15) is 23.4 Å². The highest BCUT2D eigenvalue weighted by molar-refractivity contribution is 5.82. The molecule has 1 heterocycles. The van der Waals surface area contributed by atoms with Crippen molar-refractivity contribution < 1.29 is 14.3 Å². The van der Waals surface area contributed by atoms with Crippen molar-refractivity contribution in [2.24, 2.45) is 40.4 Å². The molecule has 1 N–H and O–H groups in total. The van der Waals surface area contributed by atoms with Crippen molar-refractivity contribution in [3.8, 4) is 0 Å². The molecule has 2 aromatic rings. The Balaban J connectivity index is 1.22. The number of hydrogen-bond acceptors (Lipinski definition) is 4. The fourth-order valence-corrected chi connectivity index (χ4v) is 9.73. The summed E-state index contributed by atoms with van der Waals surface area (Å²) in [5.74, 6) is 2.66. The highest BCUT2D eigenvalue weighted by atomic mass is 19.1. The number of nitrogens with zero attached hydrogens (tertiary/aromatic N) is 3. The molecule has 6 heteroatoms. The Morgan fingerprint density at radius 3 is 2.66 bits per heavy atom. The number of Topliss-reactive ketones (excluding diaryl/α,β-unsaturated/α-hetero) is 1. The van der Waals surface area contributed by atoms with E-state index < -0.39 is 5.60 Å². The van der Waals surface area contributed by atoms with Crippen LogP contribution in [0.15, 0.2) is 18.2 Å². The van der Waals surface area contributed by atoms with Gasteiger partial charge >= 0.3 is 0 Å². The Bertz CT molecular complexity index is 1140. The monoisotopic (exact) mass is 481 g/mol. The fraction of sp³-hybridized carbons (Fsp3) is 0.759. The normalized spacial score (nSPS) is 42.9. The van der Waals surface area contributed by atoms with Gasteiger partial charge in [0.2, 0.25) is 0 Å². The van der Waals surface area contributed by atoms with Crippen molar-refractivity contribution in [2.45, 2.75) is 97.1 Å². The predicted molar refractivity (Wildman–Crippen MR) is 133 cm³/mol. The summed E-state index contributed by atoms with van der Waals surface area (Å²) in [5, 5.41) is 19.6. The first-order valence-electron chi connectivity index (χ1n) is 13.9. The fourth-order valence-electron chi connectivity index (χ4n) is 9.73. The van der Waals surface area contributed by atoms with Gasteiger partial charge in [-0.15, -0.1) is 0 Å². The molecule has 0 saturated heterocycles. The number of benzene rings is 1. The van der Waals surface area contributed by atoms with Crippen molar-refractivity contribution in [2.75, 3.05) is 0 Å². The van der Waals surface area contributed by atoms with Gasteiger partial charge in [0, 0.05) is 12.0 Å². The Hall–Kier alpha value is -1.82. The van der Waals surface area contributed by atoms with E-state index in [0.29, 0.717) is 34.2 Å². The average Bonchev–Trinajstić information content (AvgIpc) is 3.37. The van der Waals surface area contributed by atoms with Crippen LogP contribution in [0.2, 0.25) is 0 Å². The van der Waals surface area contributed by atoms with Gasteiger partial charge in [-0.05, 0) is 118 Å². The summed E-state index contributed by atoms with van der Waals surface area (Å²) in [7, 11) is 0. The minimum atomic E-state index is -0.499. The van der Waals surface area contributed by atoms with Crippen LogP contribution < -0.4 is 0 Å². The van der Waals surface area contributed by atoms with Gasteiger partial charge in [0.25, 0.3) is 0 Å². The summed E-state index contributed by atoms with van der Waals surface area (Å²) >= 11 is 0. The molecule has 0 unspecified atom stereocenters.